The molecule has 2 atom stereocenters. The van der Waals surface area contributed by atoms with Gasteiger partial charge in [-0.3, -0.25) is 10.3 Å². The number of hydrogen-bond acceptors (Lipinski definition) is 9. The van der Waals surface area contributed by atoms with Crippen LogP contribution in [0.4, 0.5) is 5.95 Å². The van der Waals surface area contributed by atoms with Crippen molar-refractivity contribution in [1.29, 1.82) is 0 Å². The summed E-state index contributed by atoms with van der Waals surface area (Å²) in [6.07, 6.45) is 3.55. The van der Waals surface area contributed by atoms with Crippen LogP contribution in [0.15, 0.2) is 36.0 Å². The maximum atomic E-state index is 10.7. The van der Waals surface area contributed by atoms with Crippen molar-refractivity contribution in [3.63, 3.8) is 0 Å². The Labute approximate surface area is 166 Å². The van der Waals surface area contributed by atoms with E-state index in [-0.39, 0.29) is 18.2 Å². The largest absolute Gasteiger partial charge is 0.393 e. The Balaban J connectivity index is 1.60. The smallest absolute Gasteiger partial charge is 0.224 e. The molecule has 2 unspecified atom stereocenters. The third-order valence-electron chi connectivity index (χ3n) is 4.82. The highest BCUT2D eigenvalue weighted by Gasteiger charge is 2.30. The van der Waals surface area contributed by atoms with Crippen LogP contribution in [0.3, 0.4) is 0 Å². The molecule has 0 spiro atoms. The summed E-state index contributed by atoms with van der Waals surface area (Å²) >= 11 is 1.49. The summed E-state index contributed by atoms with van der Waals surface area (Å²) in [5, 5.41) is 28.5. The van der Waals surface area contributed by atoms with Crippen LogP contribution >= 0.6 is 11.3 Å². The van der Waals surface area contributed by atoms with Crippen LogP contribution in [-0.2, 0) is 4.74 Å². The minimum Gasteiger partial charge on any atom is -0.393 e. The molecule has 1 aliphatic rings. The first-order valence-electron chi connectivity index (χ1n) is 9.16. The van der Waals surface area contributed by atoms with Crippen molar-refractivity contribution in [2.75, 3.05) is 19.0 Å². The number of rotatable bonds is 8. The second-order valence-corrected chi connectivity index (χ2v) is 7.81. The van der Waals surface area contributed by atoms with E-state index in [9.17, 15) is 10.2 Å². The lowest BCUT2D eigenvalue weighted by Crippen LogP contribution is -2.45. The molecule has 1 saturated carbocycles. The van der Waals surface area contributed by atoms with Gasteiger partial charge in [0.25, 0.3) is 0 Å². The highest BCUT2D eigenvalue weighted by Crippen LogP contribution is 2.30. The molecule has 0 aliphatic heterocycles. The number of methoxy groups -OCH3 is 1. The monoisotopic (exact) mass is 401 g/mol. The van der Waals surface area contributed by atoms with E-state index in [1.54, 1.807) is 19.5 Å². The first-order valence-corrected chi connectivity index (χ1v) is 10.0. The molecule has 3 heterocycles. The van der Waals surface area contributed by atoms with Gasteiger partial charge in [-0.25, -0.2) is 9.97 Å². The third-order valence-corrected chi connectivity index (χ3v) is 5.75. The quantitative estimate of drug-likeness (QED) is 0.424. The molecular formula is C19H23N5O3S. The highest BCUT2D eigenvalue weighted by molar-refractivity contribution is 7.17. The van der Waals surface area contributed by atoms with Crippen LogP contribution in [-0.4, -0.2) is 51.0 Å². The molecule has 1 fully saturated rings. The van der Waals surface area contributed by atoms with Crippen LogP contribution in [0, 0.1) is 0 Å². The lowest BCUT2D eigenvalue weighted by atomic mass is 9.89. The highest BCUT2D eigenvalue weighted by atomic mass is 32.1. The number of ether oxygens (including phenoxy) is 1. The van der Waals surface area contributed by atoms with Crippen molar-refractivity contribution in [2.24, 2.45) is 0 Å². The topological polar surface area (TPSA) is 112 Å². The number of anilines is 1. The average Bonchev–Trinajstić information content (AvgIpc) is 3.15. The number of fused-ring (bicyclic) bond motifs is 1. The van der Waals surface area contributed by atoms with Crippen molar-refractivity contribution in [2.45, 2.75) is 37.3 Å². The minimum absolute atomic E-state index is 0.0861. The van der Waals surface area contributed by atoms with Crippen LogP contribution < -0.4 is 10.6 Å². The van der Waals surface area contributed by atoms with Gasteiger partial charge in [-0.15, -0.1) is 11.3 Å². The van der Waals surface area contributed by atoms with E-state index in [1.807, 2.05) is 23.6 Å². The standard InChI is InChI=1S/C19H23N5O3S/c1-27-10-15(11-3-2-5-20-9-11)23-19-22-14-4-6-28-17(14)16(24-19)18(26)21-12-7-13(25)8-12/h2-6,9,12-13,15,18,21,25-26H,7-8,10H2,1H3,(H,22,23,24)/t12-,13+,15?,18?. The Hall–Kier alpha value is -2.17. The number of aliphatic hydroxyl groups excluding tert-OH is 2. The average molecular weight is 401 g/mol. The molecule has 0 aromatic carbocycles. The predicted octanol–water partition coefficient (Wildman–Crippen LogP) is 1.99. The van der Waals surface area contributed by atoms with E-state index in [0.717, 1.165) is 15.8 Å². The summed E-state index contributed by atoms with van der Waals surface area (Å²) in [7, 11) is 1.64. The lowest BCUT2D eigenvalue weighted by molar-refractivity contribution is 0.0261. The van der Waals surface area contributed by atoms with E-state index in [0.29, 0.717) is 31.1 Å². The van der Waals surface area contributed by atoms with Gasteiger partial charge < -0.3 is 20.3 Å². The summed E-state index contributed by atoms with van der Waals surface area (Å²) in [5.74, 6) is 0.418. The Morgan fingerprint density at radius 2 is 2.18 bits per heavy atom. The zero-order valence-corrected chi connectivity index (χ0v) is 16.3. The number of nitrogens with one attached hydrogen (secondary N) is 2. The van der Waals surface area contributed by atoms with Gasteiger partial charge in [-0.2, -0.15) is 0 Å². The van der Waals surface area contributed by atoms with Gasteiger partial charge in [-0.05, 0) is 35.9 Å². The van der Waals surface area contributed by atoms with Gasteiger partial charge in [0.2, 0.25) is 5.95 Å². The summed E-state index contributed by atoms with van der Waals surface area (Å²) in [6.45, 7) is 0.423. The van der Waals surface area contributed by atoms with E-state index in [2.05, 4.69) is 25.6 Å². The Morgan fingerprint density at radius 1 is 1.32 bits per heavy atom. The molecule has 0 radical (unpaired) electrons. The maximum Gasteiger partial charge on any atom is 0.224 e. The predicted molar refractivity (Wildman–Crippen MR) is 107 cm³/mol. The second kappa shape index (κ2) is 8.46. The van der Waals surface area contributed by atoms with Gasteiger partial charge >= 0.3 is 0 Å². The minimum atomic E-state index is -0.929. The number of nitrogens with zero attached hydrogens (tertiary/aromatic N) is 3. The van der Waals surface area contributed by atoms with Gasteiger partial charge in [0, 0.05) is 25.5 Å². The SMILES string of the molecule is COCC(Nc1nc(C(O)N[C@H]2C[C@@H](O)C2)c2sccc2n1)c1cccnc1. The molecule has 4 rings (SSSR count). The molecule has 3 aromatic heterocycles. The molecule has 148 valence electrons. The second-order valence-electron chi connectivity index (χ2n) is 6.90. The van der Waals surface area contributed by atoms with Crippen LogP contribution in [0.5, 0.6) is 0 Å². The normalized spacial score (nSPS) is 21.2. The molecule has 3 aromatic rings. The van der Waals surface area contributed by atoms with Gasteiger partial charge in [0.1, 0.15) is 11.9 Å². The van der Waals surface area contributed by atoms with Gasteiger partial charge in [-0.1, -0.05) is 6.07 Å². The summed E-state index contributed by atoms with van der Waals surface area (Å²) in [6, 6.07) is 5.66. The first kappa shape index (κ1) is 19.2. The fraction of sp³-hybridized carbons (Fsp3) is 0.421. The van der Waals surface area contributed by atoms with Crippen molar-refractivity contribution >= 4 is 27.5 Å². The van der Waals surface area contributed by atoms with Crippen molar-refractivity contribution in [3.8, 4) is 0 Å². The lowest BCUT2D eigenvalue weighted by Gasteiger charge is -2.33. The number of aliphatic hydroxyl groups is 2. The van der Waals surface area contributed by atoms with E-state index in [1.165, 1.54) is 11.3 Å². The number of hydrogen-bond donors (Lipinski definition) is 4. The number of aromatic nitrogens is 3. The maximum absolute atomic E-state index is 10.7. The van der Waals surface area contributed by atoms with Crippen molar-refractivity contribution in [3.05, 3.63) is 47.2 Å². The number of thiophene rings is 1. The van der Waals surface area contributed by atoms with E-state index < -0.39 is 6.23 Å². The molecular weight excluding hydrogens is 378 g/mol. The van der Waals surface area contributed by atoms with Crippen LogP contribution in [0.1, 0.15) is 36.4 Å². The van der Waals surface area contributed by atoms with Crippen molar-refractivity contribution < 1.29 is 14.9 Å². The zero-order valence-electron chi connectivity index (χ0n) is 15.4. The number of pyridine rings is 1. The molecule has 4 N–H and O–H groups in total. The third kappa shape index (κ3) is 4.13. The zero-order chi connectivity index (χ0) is 19.5. The summed E-state index contributed by atoms with van der Waals surface area (Å²) < 4.78 is 6.18. The molecule has 0 bridgehead atoms. The first-order chi connectivity index (χ1) is 13.6. The fourth-order valence-corrected chi connectivity index (χ4v) is 4.13. The molecule has 28 heavy (non-hydrogen) atoms. The Morgan fingerprint density at radius 3 is 2.89 bits per heavy atom. The molecule has 0 saturated heterocycles. The molecule has 9 heteroatoms. The summed E-state index contributed by atoms with van der Waals surface area (Å²) in [5.41, 5.74) is 2.27. The molecule has 0 amide bonds. The Bertz CT molecular complexity index is 916. The van der Waals surface area contributed by atoms with Gasteiger partial charge in [0.15, 0.2) is 0 Å². The van der Waals surface area contributed by atoms with E-state index >= 15 is 0 Å². The molecule has 1 aliphatic carbocycles. The van der Waals surface area contributed by atoms with Crippen LogP contribution in [0.2, 0.25) is 0 Å². The summed E-state index contributed by atoms with van der Waals surface area (Å²) in [4.78, 5) is 13.3. The fourth-order valence-electron chi connectivity index (χ4n) is 3.29. The van der Waals surface area contributed by atoms with E-state index in [4.69, 9.17) is 4.74 Å². The van der Waals surface area contributed by atoms with Crippen LogP contribution in [0.25, 0.3) is 10.2 Å². The van der Waals surface area contributed by atoms with Gasteiger partial charge in [0.05, 0.1) is 29.0 Å². The molecule has 8 nitrogen and oxygen atoms in total. The van der Waals surface area contributed by atoms with Crippen molar-refractivity contribution in [1.82, 2.24) is 20.3 Å². The Kier molecular flexibility index (Phi) is 5.79.